The molecule has 5 nitrogen and oxygen atoms in total. The van der Waals surface area contributed by atoms with Crippen LogP contribution in [0, 0.1) is 13.8 Å². The van der Waals surface area contributed by atoms with Crippen LogP contribution in [0.5, 0.6) is 0 Å². The first-order chi connectivity index (χ1) is 11.0. The quantitative estimate of drug-likeness (QED) is 0.766. The van der Waals surface area contributed by atoms with Gasteiger partial charge in [-0.3, -0.25) is 10.1 Å². The molecule has 1 aromatic carbocycles. The first-order valence-electron chi connectivity index (χ1n) is 6.96. The first kappa shape index (κ1) is 15.7. The Morgan fingerprint density at radius 1 is 1.26 bits per heavy atom. The van der Waals surface area contributed by atoms with Gasteiger partial charge >= 0.3 is 6.01 Å². The van der Waals surface area contributed by atoms with E-state index in [1.165, 1.54) is 22.5 Å². The summed E-state index contributed by atoms with van der Waals surface area (Å²) in [6.07, 6.45) is 0.528. The molecule has 0 saturated carbocycles. The van der Waals surface area contributed by atoms with Gasteiger partial charge in [-0.1, -0.05) is 40.5 Å². The maximum Gasteiger partial charge on any atom is 0.322 e. The lowest BCUT2D eigenvalue weighted by molar-refractivity contribution is 0.102. The molecule has 0 unspecified atom stereocenters. The Balaban J connectivity index is 1.69. The molecule has 0 radical (unpaired) electrons. The highest BCUT2D eigenvalue weighted by Gasteiger charge is 2.14. The number of aryl methyl sites for hydroxylation is 2. The predicted octanol–water partition coefficient (Wildman–Crippen LogP) is 4.24. The Labute approximate surface area is 142 Å². The molecule has 118 valence electrons. The van der Waals surface area contributed by atoms with Crippen molar-refractivity contribution in [1.82, 2.24) is 10.2 Å². The molecule has 2 heterocycles. The topological polar surface area (TPSA) is 68.0 Å². The highest BCUT2D eigenvalue weighted by molar-refractivity contribution is 7.18. The van der Waals surface area contributed by atoms with E-state index in [0.717, 1.165) is 5.56 Å². The van der Waals surface area contributed by atoms with Crippen LogP contribution in [0.4, 0.5) is 6.01 Å². The van der Waals surface area contributed by atoms with Gasteiger partial charge in [0.2, 0.25) is 5.89 Å². The molecule has 0 aliphatic heterocycles. The second-order valence-corrected chi connectivity index (χ2v) is 6.88. The van der Waals surface area contributed by atoms with Crippen molar-refractivity contribution in [3.63, 3.8) is 0 Å². The molecule has 3 rings (SSSR count). The summed E-state index contributed by atoms with van der Waals surface area (Å²) < 4.78 is 6.04. The van der Waals surface area contributed by atoms with E-state index in [1.807, 2.05) is 26.0 Å². The van der Waals surface area contributed by atoms with Crippen molar-refractivity contribution in [3.8, 4) is 0 Å². The number of halogens is 1. The van der Waals surface area contributed by atoms with Crippen LogP contribution >= 0.6 is 22.9 Å². The predicted molar refractivity (Wildman–Crippen MR) is 90.3 cm³/mol. The summed E-state index contributed by atoms with van der Waals surface area (Å²) in [5.41, 5.74) is 3.49. The van der Waals surface area contributed by atoms with Crippen molar-refractivity contribution >= 4 is 34.9 Å². The van der Waals surface area contributed by atoms with E-state index < -0.39 is 0 Å². The zero-order chi connectivity index (χ0) is 16.4. The van der Waals surface area contributed by atoms with Crippen molar-refractivity contribution in [2.75, 3.05) is 5.32 Å². The maximum atomic E-state index is 12.0. The number of hydrogen-bond donors (Lipinski definition) is 1. The summed E-state index contributed by atoms with van der Waals surface area (Å²) in [5, 5.41) is 10.4. The number of hydrogen-bond acceptors (Lipinski definition) is 5. The van der Waals surface area contributed by atoms with Crippen molar-refractivity contribution < 1.29 is 9.21 Å². The zero-order valence-electron chi connectivity index (χ0n) is 12.6. The standard InChI is InChI=1S/C16H14ClN3O2S/c1-9-3-4-11(10(2)7-9)8-14-19-20-16(22-14)18-15(21)12-5-6-13(17)23-12/h3-7H,8H2,1-2H3,(H,18,20,21). The average molecular weight is 348 g/mol. The van der Waals surface area contributed by atoms with Crippen LogP contribution < -0.4 is 5.32 Å². The SMILES string of the molecule is Cc1ccc(Cc2nnc(NC(=O)c3ccc(Cl)s3)o2)c(C)c1. The molecule has 0 fully saturated rings. The molecule has 0 atom stereocenters. The number of carbonyl (C=O) groups is 1. The van der Waals surface area contributed by atoms with Crippen LogP contribution in [0.1, 0.15) is 32.3 Å². The number of amides is 1. The highest BCUT2D eigenvalue weighted by atomic mass is 35.5. The van der Waals surface area contributed by atoms with Gasteiger partial charge in [0.1, 0.15) is 0 Å². The Bertz CT molecular complexity index is 857. The molecule has 3 aromatic rings. The lowest BCUT2D eigenvalue weighted by atomic mass is 10.0. The Hall–Kier alpha value is -2.18. The van der Waals surface area contributed by atoms with Crippen LogP contribution in [-0.4, -0.2) is 16.1 Å². The number of thiophene rings is 1. The maximum absolute atomic E-state index is 12.0. The van der Waals surface area contributed by atoms with Gasteiger partial charge in [0, 0.05) is 0 Å². The fraction of sp³-hybridized carbons (Fsp3) is 0.188. The zero-order valence-corrected chi connectivity index (χ0v) is 14.2. The fourth-order valence-electron chi connectivity index (χ4n) is 2.18. The third-order valence-corrected chi connectivity index (χ3v) is 4.55. The number of aromatic nitrogens is 2. The molecule has 0 bridgehead atoms. The lowest BCUT2D eigenvalue weighted by Crippen LogP contribution is -2.10. The number of nitrogens with one attached hydrogen (secondary N) is 1. The molecule has 0 saturated heterocycles. The van der Waals surface area contributed by atoms with E-state index in [2.05, 4.69) is 21.6 Å². The second-order valence-electron chi connectivity index (χ2n) is 5.17. The summed E-state index contributed by atoms with van der Waals surface area (Å²) in [4.78, 5) is 12.5. The third kappa shape index (κ3) is 3.78. The van der Waals surface area contributed by atoms with Crippen molar-refractivity contribution in [2.45, 2.75) is 20.3 Å². The van der Waals surface area contributed by atoms with E-state index in [4.69, 9.17) is 16.0 Å². The van der Waals surface area contributed by atoms with Gasteiger partial charge in [-0.2, -0.15) is 0 Å². The van der Waals surface area contributed by atoms with Crippen molar-refractivity contribution in [2.24, 2.45) is 0 Å². The van der Waals surface area contributed by atoms with E-state index in [-0.39, 0.29) is 11.9 Å². The minimum Gasteiger partial charge on any atom is -0.407 e. The van der Waals surface area contributed by atoms with Crippen LogP contribution in [0.3, 0.4) is 0 Å². The summed E-state index contributed by atoms with van der Waals surface area (Å²) >= 11 is 7.01. The number of anilines is 1. The Morgan fingerprint density at radius 2 is 2.09 bits per heavy atom. The molecule has 23 heavy (non-hydrogen) atoms. The van der Waals surface area contributed by atoms with Gasteiger partial charge in [-0.25, -0.2) is 0 Å². The molecular formula is C16H14ClN3O2S. The number of nitrogens with zero attached hydrogens (tertiary/aromatic N) is 2. The van der Waals surface area contributed by atoms with Gasteiger partial charge in [0.25, 0.3) is 5.91 Å². The summed E-state index contributed by atoms with van der Waals surface area (Å²) in [6, 6.07) is 9.59. The van der Waals surface area contributed by atoms with Gasteiger partial charge in [-0.15, -0.1) is 16.4 Å². The summed E-state index contributed by atoms with van der Waals surface area (Å²) in [7, 11) is 0. The van der Waals surface area contributed by atoms with E-state index in [0.29, 0.717) is 21.5 Å². The first-order valence-corrected chi connectivity index (χ1v) is 8.16. The second kappa shape index (κ2) is 6.52. The summed E-state index contributed by atoms with van der Waals surface area (Å²) in [6.45, 7) is 4.09. The third-order valence-electron chi connectivity index (χ3n) is 3.32. The van der Waals surface area contributed by atoms with E-state index >= 15 is 0 Å². The van der Waals surface area contributed by atoms with Gasteiger partial charge in [0.05, 0.1) is 15.6 Å². The normalized spacial score (nSPS) is 10.7. The molecule has 0 aliphatic carbocycles. The monoisotopic (exact) mass is 347 g/mol. The molecule has 1 amide bonds. The molecular weight excluding hydrogens is 334 g/mol. The lowest BCUT2D eigenvalue weighted by Gasteiger charge is -2.03. The molecule has 1 N–H and O–H groups in total. The minimum absolute atomic E-state index is 0.0827. The Kier molecular flexibility index (Phi) is 4.45. The van der Waals surface area contributed by atoms with Crippen LogP contribution in [0.2, 0.25) is 4.34 Å². The number of benzene rings is 1. The Morgan fingerprint density at radius 3 is 2.78 bits per heavy atom. The van der Waals surface area contributed by atoms with Gasteiger partial charge in [-0.05, 0) is 37.1 Å². The minimum atomic E-state index is -0.316. The largest absolute Gasteiger partial charge is 0.407 e. The van der Waals surface area contributed by atoms with E-state index in [9.17, 15) is 4.79 Å². The van der Waals surface area contributed by atoms with Gasteiger partial charge in [0.15, 0.2) is 0 Å². The molecule has 2 aromatic heterocycles. The highest BCUT2D eigenvalue weighted by Crippen LogP contribution is 2.22. The van der Waals surface area contributed by atoms with Crippen LogP contribution in [0.25, 0.3) is 0 Å². The van der Waals surface area contributed by atoms with E-state index in [1.54, 1.807) is 12.1 Å². The number of rotatable bonds is 4. The average Bonchev–Trinajstić information content (AvgIpc) is 3.11. The summed E-state index contributed by atoms with van der Waals surface area (Å²) in [5.74, 6) is 0.139. The smallest absolute Gasteiger partial charge is 0.322 e. The fourth-order valence-corrected chi connectivity index (χ4v) is 3.12. The van der Waals surface area contributed by atoms with Crippen LogP contribution in [0.15, 0.2) is 34.7 Å². The van der Waals surface area contributed by atoms with Crippen molar-refractivity contribution in [3.05, 3.63) is 62.1 Å². The van der Waals surface area contributed by atoms with Crippen LogP contribution in [-0.2, 0) is 6.42 Å². The molecule has 7 heteroatoms. The molecule has 0 aliphatic rings. The molecule has 0 spiro atoms. The van der Waals surface area contributed by atoms with Gasteiger partial charge < -0.3 is 4.42 Å². The number of carbonyl (C=O) groups excluding carboxylic acids is 1. The van der Waals surface area contributed by atoms with Crippen molar-refractivity contribution in [1.29, 1.82) is 0 Å².